The number of carboxylic acids is 1. The number of carbonyl (C=O) groups excluding carboxylic acids is 2. The zero-order valence-electron chi connectivity index (χ0n) is 15.2. The monoisotopic (exact) mass is 361 g/mol. The zero-order valence-corrected chi connectivity index (χ0v) is 15.2. The van der Waals surface area contributed by atoms with Crippen molar-refractivity contribution in [2.45, 2.75) is 51.2 Å². The summed E-state index contributed by atoms with van der Waals surface area (Å²) in [6.07, 6.45) is 2.05. The van der Waals surface area contributed by atoms with Crippen LogP contribution in [0.15, 0.2) is 0 Å². The van der Waals surface area contributed by atoms with Crippen molar-refractivity contribution in [3.05, 3.63) is 0 Å². The Bertz CT molecular complexity index is 430. The van der Waals surface area contributed by atoms with Crippen LogP contribution in [0, 0.1) is 5.92 Å². The summed E-state index contributed by atoms with van der Waals surface area (Å²) in [6, 6.07) is -0.822. The number of nitrogens with one attached hydrogen (secondary N) is 1. The summed E-state index contributed by atoms with van der Waals surface area (Å²) in [4.78, 5) is 39.4. The van der Waals surface area contributed by atoms with Crippen LogP contribution in [0.5, 0.6) is 0 Å². The molecule has 0 rings (SSSR count). The first-order valence-electron chi connectivity index (χ1n) is 8.36. The van der Waals surface area contributed by atoms with E-state index in [1.165, 1.54) is 6.92 Å². The Balaban J connectivity index is 4.65. The number of carboxylic acid groups (broad SMARTS) is 1. The third kappa shape index (κ3) is 10.8. The minimum atomic E-state index is -1.09. The fourth-order valence-electron chi connectivity index (χ4n) is 2.68. The van der Waals surface area contributed by atoms with Crippen molar-refractivity contribution >= 4 is 17.7 Å². The van der Waals surface area contributed by atoms with E-state index in [0.29, 0.717) is 32.2 Å². The predicted octanol–water partition coefficient (Wildman–Crippen LogP) is -0.476. The summed E-state index contributed by atoms with van der Waals surface area (Å²) < 4.78 is 0. The number of ketones is 1. The Morgan fingerprint density at radius 3 is 2.32 bits per heavy atom. The molecule has 0 spiro atoms. The third-order valence-electron chi connectivity index (χ3n) is 3.92. The largest absolute Gasteiger partial charge is 0.479 e. The summed E-state index contributed by atoms with van der Waals surface area (Å²) in [5, 5.41) is 19.1. The summed E-state index contributed by atoms with van der Waals surface area (Å²) in [6.45, 7) is 1.39. The molecular weight excluding hydrogens is 330 g/mol. The van der Waals surface area contributed by atoms with Crippen molar-refractivity contribution in [1.82, 2.24) is 10.4 Å². The van der Waals surface area contributed by atoms with Gasteiger partial charge < -0.3 is 20.7 Å². The first kappa shape index (κ1) is 23.4. The van der Waals surface area contributed by atoms with E-state index in [-0.39, 0.29) is 11.7 Å². The Morgan fingerprint density at radius 2 is 1.84 bits per heavy atom. The van der Waals surface area contributed by atoms with E-state index < -0.39 is 30.6 Å². The van der Waals surface area contributed by atoms with Crippen molar-refractivity contribution in [3.63, 3.8) is 0 Å². The average molecular weight is 361 g/mol. The van der Waals surface area contributed by atoms with Gasteiger partial charge in [0.15, 0.2) is 6.61 Å². The fraction of sp³-hybridized carbons (Fsp3) is 0.812. The maximum Gasteiger partial charge on any atom is 0.331 e. The van der Waals surface area contributed by atoms with Crippen molar-refractivity contribution < 1.29 is 29.4 Å². The Labute approximate surface area is 148 Å². The highest BCUT2D eigenvalue weighted by molar-refractivity contribution is 5.80. The minimum absolute atomic E-state index is 0.115. The summed E-state index contributed by atoms with van der Waals surface area (Å²) in [5.74, 6) is -1.83. The molecule has 0 heterocycles. The average Bonchev–Trinajstić information content (AvgIpc) is 2.47. The molecule has 5 N–H and O–H groups in total. The van der Waals surface area contributed by atoms with E-state index in [1.54, 1.807) is 19.0 Å². The van der Waals surface area contributed by atoms with Crippen LogP contribution in [0.1, 0.15) is 39.0 Å². The number of hydrogen-bond acceptors (Lipinski definition) is 7. The van der Waals surface area contributed by atoms with Gasteiger partial charge in [-0.15, -0.1) is 0 Å². The number of aliphatic carboxylic acids is 1. The van der Waals surface area contributed by atoms with Crippen LogP contribution >= 0.6 is 0 Å². The number of Topliss-reactive ketones (excluding diaryl/α,β-unsaturated/α-hetero) is 1. The number of primary amides is 1. The van der Waals surface area contributed by atoms with Crippen LogP contribution in [0.25, 0.3) is 0 Å². The Morgan fingerprint density at radius 1 is 1.20 bits per heavy atom. The third-order valence-corrected chi connectivity index (χ3v) is 3.92. The van der Waals surface area contributed by atoms with Gasteiger partial charge in [0.1, 0.15) is 11.8 Å². The molecule has 9 heteroatoms. The van der Waals surface area contributed by atoms with Crippen LogP contribution < -0.4 is 11.2 Å². The molecule has 0 saturated heterocycles. The van der Waals surface area contributed by atoms with E-state index in [9.17, 15) is 19.5 Å². The molecule has 0 aromatic rings. The number of nitrogens with two attached hydrogens (primary N) is 1. The topological polar surface area (TPSA) is 142 Å². The predicted molar refractivity (Wildman–Crippen MR) is 91.5 cm³/mol. The first-order valence-corrected chi connectivity index (χ1v) is 8.36. The highest BCUT2D eigenvalue weighted by Crippen LogP contribution is 2.22. The molecule has 0 aliphatic carbocycles. The van der Waals surface area contributed by atoms with Gasteiger partial charge in [-0.05, 0) is 46.2 Å². The SMILES string of the molecule is CC(=O)CCCC[C@H](CCNOCC(=O)O)[C@@H](O)[C@H](C(N)=O)N(C)C. The van der Waals surface area contributed by atoms with Gasteiger partial charge in [0.25, 0.3) is 0 Å². The van der Waals surface area contributed by atoms with Crippen LogP contribution in [-0.2, 0) is 19.2 Å². The number of likely N-dealkylation sites (N-methyl/N-ethyl adjacent to an activating group) is 1. The van der Waals surface area contributed by atoms with E-state index in [4.69, 9.17) is 15.7 Å². The van der Waals surface area contributed by atoms with Crippen molar-refractivity contribution in [2.24, 2.45) is 11.7 Å². The number of rotatable bonds is 15. The number of hydrogen-bond donors (Lipinski definition) is 4. The molecule has 0 aromatic heterocycles. The molecule has 0 bridgehead atoms. The zero-order chi connectivity index (χ0) is 19.4. The lowest BCUT2D eigenvalue weighted by atomic mass is 9.87. The van der Waals surface area contributed by atoms with Gasteiger partial charge >= 0.3 is 5.97 Å². The van der Waals surface area contributed by atoms with Gasteiger partial charge in [0.2, 0.25) is 5.91 Å². The molecule has 25 heavy (non-hydrogen) atoms. The number of hydroxylamine groups is 1. The molecule has 0 aliphatic heterocycles. The lowest BCUT2D eigenvalue weighted by Crippen LogP contribution is -2.51. The second-order valence-electron chi connectivity index (χ2n) is 6.37. The number of unbranched alkanes of at least 4 members (excludes halogenated alkanes) is 1. The maximum atomic E-state index is 11.6. The normalized spacial score (nSPS) is 14.9. The van der Waals surface area contributed by atoms with Crippen LogP contribution in [-0.4, -0.2) is 72.2 Å². The van der Waals surface area contributed by atoms with Crippen LogP contribution in [0.4, 0.5) is 0 Å². The quantitative estimate of drug-likeness (QED) is 0.226. The highest BCUT2D eigenvalue weighted by Gasteiger charge is 2.32. The maximum absolute atomic E-state index is 11.6. The van der Waals surface area contributed by atoms with Gasteiger partial charge in [0.05, 0.1) is 6.10 Å². The lowest BCUT2D eigenvalue weighted by Gasteiger charge is -2.32. The molecular formula is C16H31N3O6. The summed E-state index contributed by atoms with van der Waals surface area (Å²) in [7, 11) is 3.33. The van der Waals surface area contributed by atoms with E-state index in [2.05, 4.69) is 5.48 Å². The van der Waals surface area contributed by atoms with Gasteiger partial charge in [-0.25, -0.2) is 10.3 Å². The molecule has 0 aliphatic rings. The molecule has 9 nitrogen and oxygen atoms in total. The smallest absolute Gasteiger partial charge is 0.331 e. The molecule has 3 atom stereocenters. The second kappa shape index (κ2) is 12.8. The van der Waals surface area contributed by atoms with Gasteiger partial charge in [-0.3, -0.25) is 14.5 Å². The van der Waals surface area contributed by atoms with Crippen molar-refractivity contribution in [3.8, 4) is 0 Å². The van der Waals surface area contributed by atoms with Gasteiger partial charge in [0, 0.05) is 13.0 Å². The Kier molecular flexibility index (Phi) is 12.0. The van der Waals surface area contributed by atoms with Gasteiger partial charge in [-0.2, -0.15) is 0 Å². The summed E-state index contributed by atoms with van der Waals surface area (Å²) in [5.41, 5.74) is 7.92. The Hall–Kier alpha value is -1.55. The first-order chi connectivity index (χ1) is 11.7. The van der Waals surface area contributed by atoms with Gasteiger partial charge in [-0.1, -0.05) is 6.42 Å². The molecule has 0 fully saturated rings. The van der Waals surface area contributed by atoms with E-state index in [1.807, 2.05) is 0 Å². The number of aliphatic hydroxyl groups is 1. The molecule has 0 saturated carbocycles. The number of amides is 1. The number of carbonyl (C=O) groups is 3. The fourth-order valence-corrected chi connectivity index (χ4v) is 2.68. The highest BCUT2D eigenvalue weighted by atomic mass is 16.7. The number of aliphatic hydroxyl groups excluding tert-OH is 1. The number of nitrogens with zero attached hydrogens (tertiary/aromatic N) is 1. The molecule has 1 amide bonds. The molecule has 0 aromatic carbocycles. The van der Waals surface area contributed by atoms with E-state index in [0.717, 1.165) is 6.42 Å². The van der Waals surface area contributed by atoms with Crippen LogP contribution in [0.3, 0.4) is 0 Å². The standard InChI is InChI=1S/C16H31N3O6/c1-11(20)6-4-5-7-12(8-9-18-25-10-13(21)22)15(23)14(16(17)24)19(2)3/h12,14-15,18,23H,4-10H2,1-3H3,(H2,17,24)(H,21,22)/t12-,14-,15-/m1/s1. The van der Waals surface area contributed by atoms with Crippen LogP contribution in [0.2, 0.25) is 0 Å². The second-order valence-corrected chi connectivity index (χ2v) is 6.37. The lowest BCUT2D eigenvalue weighted by molar-refractivity contribution is -0.145. The minimum Gasteiger partial charge on any atom is -0.479 e. The summed E-state index contributed by atoms with van der Waals surface area (Å²) >= 11 is 0. The van der Waals surface area contributed by atoms with Crippen molar-refractivity contribution in [2.75, 3.05) is 27.2 Å². The molecule has 0 radical (unpaired) electrons. The molecule has 0 unspecified atom stereocenters. The molecule has 146 valence electrons. The van der Waals surface area contributed by atoms with Crippen molar-refractivity contribution in [1.29, 1.82) is 0 Å². The van der Waals surface area contributed by atoms with E-state index >= 15 is 0 Å².